The van der Waals surface area contributed by atoms with Crippen LogP contribution in [0.1, 0.15) is 64.7 Å². The van der Waals surface area contributed by atoms with Gasteiger partial charge in [-0.3, -0.25) is 0 Å². The van der Waals surface area contributed by atoms with Gasteiger partial charge in [0.15, 0.2) is 0 Å². The van der Waals surface area contributed by atoms with Crippen LogP contribution in [0, 0.1) is 5.41 Å². The summed E-state index contributed by atoms with van der Waals surface area (Å²) in [6, 6.07) is 2.34. The lowest BCUT2D eigenvalue weighted by atomic mass is 9.39. The van der Waals surface area contributed by atoms with Gasteiger partial charge in [0.25, 0.3) is 0 Å². The third-order valence-corrected chi connectivity index (χ3v) is 4.80. The first-order valence-electron chi connectivity index (χ1n) is 7.65. The van der Waals surface area contributed by atoms with Crippen LogP contribution in [-0.2, 0) is 16.8 Å². The normalized spacial score (nSPS) is 14.1. The van der Waals surface area contributed by atoms with Gasteiger partial charge < -0.3 is 0 Å². The topological polar surface area (TPSA) is 0 Å². The minimum atomic E-state index is -4.52. The van der Waals surface area contributed by atoms with E-state index in [1.54, 1.807) is 0 Å². The highest BCUT2D eigenvalue weighted by Gasteiger charge is 2.41. The predicted octanol–water partition coefficient (Wildman–Crippen LogP) is 3.72. The maximum absolute atomic E-state index is 13.2. The second-order valence-corrected chi connectivity index (χ2v) is 7.80. The van der Waals surface area contributed by atoms with E-state index in [1.807, 2.05) is 41.5 Å². The molecule has 1 rings (SSSR count). The maximum atomic E-state index is 13.2. The smallest absolute Gasteiger partial charge is 0.166 e. The van der Waals surface area contributed by atoms with Gasteiger partial charge >= 0.3 is 6.18 Å². The molecule has 0 amide bonds. The average molecular weight is 316 g/mol. The molecule has 1 aromatic rings. The zero-order valence-electron chi connectivity index (χ0n) is 14.7. The number of hydrogen-bond acceptors (Lipinski definition) is 0. The molecule has 1 aromatic carbocycles. The third kappa shape index (κ3) is 3.66. The Kier molecular flexibility index (Phi) is 5.22. The van der Waals surface area contributed by atoms with E-state index in [-0.39, 0.29) is 5.46 Å². The minimum Gasteiger partial charge on any atom is -0.166 e. The molecule has 0 N–H and O–H groups in total. The third-order valence-electron chi connectivity index (χ3n) is 4.80. The van der Waals surface area contributed by atoms with Gasteiger partial charge in [0, 0.05) is 5.56 Å². The molecule has 0 fully saturated rings. The van der Waals surface area contributed by atoms with Crippen molar-refractivity contribution in [3.8, 4) is 0 Å². The molecule has 0 saturated carbocycles. The fourth-order valence-corrected chi connectivity index (χ4v) is 2.52. The van der Waals surface area contributed by atoms with Crippen LogP contribution < -0.4 is 5.46 Å². The minimum absolute atomic E-state index is 0.286. The molecule has 0 nitrogen and oxygen atoms in total. The van der Waals surface area contributed by atoms with Crippen LogP contribution in [-0.4, -0.2) is 23.5 Å². The molecule has 0 bridgehead atoms. The summed E-state index contributed by atoms with van der Waals surface area (Å²) in [7, 11) is 18.6. The van der Waals surface area contributed by atoms with Gasteiger partial charge in [0.05, 0.1) is 15.7 Å². The Labute approximate surface area is 141 Å². The van der Waals surface area contributed by atoms with E-state index in [4.69, 9.17) is 23.5 Å². The summed E-state index contributed by atoms with van der Waals surface area (Å²) in [4.78, 5) is 0. The largest absolute Gasteiger partial charge is 0.415 e. The summed E-state index contributed by atoms with van der Waals surface area (Å²) in [6.45, 7) is 11.1. The zero-order chi connectivity index (χ0) is 18.4. The highest BCUT2D eigenvalue weighted by Crippen LogP contribution is 2.42. The first-order valence-corrected chi connectivity index (χ1v) is 7.65. The number of hydrogen-bond donors (Lipinski definition) is 0. The van der Waals surface area contributed by atoms with Crippen LogP contribution in [0.2, 0.25) is 0 Å². The fourth-order valence-electron chi connectivity index (χ4n) is 2.52. The standard InChI is InChI=1S/C17H22B3F3/c1-7-15(5,6)12-10(16(19,20)14(2,3)4)8-9-11(13(12)18)17(21,22)23/h8-9H,7H2,1-6H3. The highest BCUT2D eigenvalue weighted by atomic mass is 19.4. The molecule has 23 heavy (non-hydrogen) atoms. The van der Waals surface area contributed by atoms with Crippen molar-refractivity contribution in [3.05, 3.63) is 28.8 Å². The molecular weight excluding hydrogens is 294 g/mol. The van der Waals surface area contributed by atoms with Gasteiger partial charge in [-0.25, -0.2) is 0 Å². The molecule has 0 unspecified atom stereocenters. The monoisotopic (exact) mass is 316 g/mol. The summed E-state index contributed by atoms with van der Waals surface area (Å²) in [5.74, 6) is 0. The van der Waals surface area contributed by atoms with E-state index in [2.05, 4.69) is 0 Å². The number of rotatable bonds is 3. The molecule has 0 saturated heterocycles. The van der Waals surface area contributed by atoms with E-state index in [0.717, 1.165) is 6.07 Å². The summed E-state index contributed by atoms with van der Waals surface area (Å²) in [5.41, 5.74) is -1.43. The van der Waals surface area contributed by atoms with Crippen molar-refractivity contribution < 1.29 is 13.2 Å². The zero-order valence-corrected chi connectivity index (χ0v) is 14.7. The first-order chi connectivity index (χ1) is 10.1. The Morgan fingerprint density at radius 1 is 0.913 bits per heavy atom. The van der Waals surface area contributed by atoms with Gasteiger partial charge in [-0.15, -0.1) is 0 Å². The van der Waals surface area contributed by atoms with Crippen molar-refractivity contribution in [3.63, 3.8) is 0 Å². The van der Waals surface area contributed by atoms with Crippen LogP contribution >= 0.6 is 0 Å². The fraction of sp³-hybridized carbons (Fsp3) is 0.647. The molecule has 0 heterocycles. The van der Waals surface area contributed by atoms with Gasteiger partial charge in [0.1, 0.15) is 7.85 Å². The summed E-state index contributed by atoms with van der Waals surface area (Å²) in [6.07, 6.45) is -3.92. The predicted molar refractivity (Wildman–Crippen MR) is 92.8 cm³/mol. The molecule has 0 aromatic heterocycles. The summed E-state index contributed by atoms with van der Waals surface area (Å²) in [5, 5.41) is -1.31. The maximum Gasteiger partial charge on any atom is 0.415 e. The Morgan fingerprint density at radius 3 is 1.70 bits per heavy atom. The second kappa shape index (κ2) is 5.93. The molecule has 0 atom stereocenters. The average Bonchev–Trinajstić information content (AvgIpc) is 2.34. The Hall–Kier alpha value is -0.795. The van der Waals surface area contributed by atoms with Crippen LogP contribution in [0.5, 0.6) is 0 Å². The molecule has 120 valence electrons. The lowest BCUT2D eigenvalue weighted by Crippen LogP contribution is -2.45. The van der Waals surface area contributed by atoms with E-state index in [9.17, 15) is 13.2 Å². The Morgan fingerprint density at radius 2 is 1.35 bits per heavy atom. The van der Waals surface area contributed by atoms with E-state index < -0.39 is 27.8 Å². The van der Waals surface area contributed by atoms with Gasteiger partial charge in [-0.2, -0.15) is 13.2 Å². The van der Waals surface area contributed by atoms with Crippen molar-refractivity contribution in [1.82, 2.24) is 0 Å². The van der Waals surface area contributed by atoms with Crippen LogP contribution in [0.15, 0.2) is 12.1 Å². The molecule has 0 aliphatic rings. The lowest BCUT2D eigenvalue weighted by Gasteiger charge is -2.45. The summed E-state index contributed by atoms with van der Waals surface area (Å²) >= 11 is 0. The van der Waals surface area contributed by atoms with Crippen LogP contribution in [0.3, 0.4) is 0 Å². The molecule has 6 radical (unpaired) electrons. The Balaban J connectivity index is 3.85. The van der Waals surface area contributed by atoms with E-state index in [1.165, 1.54) is 6.07 Å². The molecule has 0 spiro atoms. The van der Waals surface area contributed by atoms with Crippen molar-refractivity contribution in [2.75, 3.05) is 0 Å². The molecule has 0 aliphatic carbocycles. The van der Waals surface area contributed by atoms with Crippen molar-refractivity contribution >= 4 is 29.0 Å². The van der Waals surface area contributed by atoms with Gasteiger partial charge in [-0.1, -0.05) is 69.9 Å². The van der Waals surface area contributed by atoms with Crippen molar-refractivity contribution in [2.45, 2.75) is 64.8 Å². The van der Waals surface area contributed by atoms with Gasteiger partial charge in [0.2, 0.25) is 0 Å². The van der Waals surface area contributed by atoms with E-state index >= 15 is 0 Å². The number of benzene rings is 1. The summed E-state index contributed by atoms with van der Waals surface area (Å²) < 4.78 is 39.7. The lowest BCUT2D eigenvalue weighted by molar-refractivity contribution is -0.136. The molecule has 6 heteroatoms. The molecule has 0 aliphatic heterocycles. The highest BCUT2D eigenvalue weighted by molar-refractivity contribution is 6.41. The number of halogens is 3. The quantitative estimate of drug-likeness (QED) is 0.746. The van der Waals surface area contributed by atoms with Crippen molar-refractivity contribution in [2.24, 2.45) is 5.41 Å². The first kappa shape index (κ1) is 20.2. The van der Waals surface area contributed by atoms with Crippen LogP contribution in [0.25, 0.3) is 0 Å². The number of alkyl halides is 3. The van der Waals surface area contributed by atoms with E-state index in [0.29, 0.717) is 17.5 Å². The second-order valence-electron chi connectivity index (χ2n) is 7.80. The Bertz CT molecular complexity index is 582. The van der Waals surface area contributed by atoms with Gasteiger partial charge in [-0.05, 0) is 22.8 Å². The SMILES string of the molecule is [B]c1c(C(F)(F)F)ccc(C([B])([B])C(C)(C)C)c1C(C)(C)CC. The van der Waals surface area contributed by atoms with Crippen LogP contribution in [0.4, 0.5) is 13.2 Å². The van der Waals surface area contributed by atoms with Crippen molar-refractivity contribution in [1.29, 1.82) is 0 Å². The molecular formula is C17H22B3F3.